The SMILES string of the molecule is COC1/C(C)=C/C=C/C(C)C(C(C)(O)/C=C(/C)Cc2csc(C3(C)OC3C)n2)OC(=O)C(C)(OC(=O)C(C)C(C)O)CCC(C)CC(O)C(C)C(=O)C(CO)/C=C\CC(C)C(O)C1O. The first kappa shape index (κ1) is 55.2. The molecule has 16 atom stereocenters. The number of aromatic nitrogens is 1. The summed E-state index contributed by atoms with van der Waals surface area (Å²) in [4.78, 5) is 46.3. The van der Waals surface area contributed by atoms with Crippen molar-refractivity contribution in [2.24, 2.45) is 35.5 Å². The molecule has 6 N–H and O–H groups in total. The molecule has 0 aliphatic carbocycles. The van der Waals surface area contributed by atoms with E-state index in [0.717, 1.165) is 16.3 Å². The molecule has 2 aliphatic rings. The van der Waals surface area contributed by atoms with Gasteiger partial charge < -0.3 is 49.6 Å². The van der Waals surface area contributed by atoms with E-state index in [9.17, 15) is 45.0 Å². The molecule has 16 unspecified atom stereocenters. The van der Waals surface area contributed by atoms with Crippen molar-refractivity contribution in [3.05, 3.63) is 63.7 Å². The number of rotatable bonds is 10. The number of nitrogens with zero attached hydrogens (tertiary/aromatic N) is 1. The summed E-state index contributed by atoms with van der Waals surface area (Å²) in [6.45, 7) is 19.9. The standard InChI is InChI=1S/C49H77NO13S/c1-27-20-21-48(11,63-44(57)32(6)34(8)52)46(58)61-43(47(10,59)24-28(2)22-37-26-64-45(50-37)49(12)35(9)62-49)31(5)18-14-17-30(4)42(60-13)41(56)39(54)29(3)16-15-19-36(25-51)40(55)33(7)38(53)23-27/h14-15,17-19,24,26-27,29,31-36,38-39,41-43,51-54,56,59H,16,20-23,25H2,1-13H3/b18-14+,19-15-,28-24-,30-17+. The third-order valence-electron chi connectivity index (χ3n) is 13.2. The highest BCUT2D eigenvalue weighted by molar-refractivity contribution is 7.09. The first-order valence-electron chi connectivity index (χ1n) is 22.6. The molecule has 3 rings (SSSR count). The minimum Gasteiger partial charge on any atom is -0.455 e. The number of aliphatic hydroxyl groups excluding tert-OH is 5. The second kappa shape index (κ2) is 23.6. The molecule has 0 amide bonds. The van der Waals surface area contributed by atoms with Crippen LogP contribution in [0.4, 0.5) is 0 Å². The van der Waals surface area contributed by atoms with Gasteiger partial charge in [0.25, 0.3) is 0 Å². The molecule has 0 aromatic carbocycles. The van der Waals surface area contributed by atoms with Crippen LogP contribution in [0.5, 0.6) is 0 Å². The lowest BCUT2D eigenvalue weighted by molar-refractivity contribution is -0.197. The normalized spacial score (nSPS) is 38.3. The summed E-state index contributed by atoms with van der Waals surface area (Å²) in [7, 11) is 1.41. The highest BCUT2D eigenvalue weighted by Gasteiger charge is 2.53. The number of cyclic esters (lactones) is 1. The topological polar surface area (TPSA) is 226 Å². The van der Waals surface area contributed by atoms with Crippen molar-refractivity contribution in [2.45, 2.75) is 175 Å². The smallest absolute Gasteiger partial charge is 0.350 e. The number of aliphatic hydroxyl groups is 6. The highest BCUT2D eigenvalue weighted by Crippen LogP contribution is 2.46. The van der Waals surface area contributed by atoms with E-state index in [2.05, 4.69) is 0 Å². The van der Waals surface area contributed by atoms with Gasteiger partial charge in [0.1, 0.15) is 40.3 Å². The first-order chi connectivity index (χ1) is 29.7. The molecule has 0 saturated carbocycles. The molecule has 1 aromatic rings. The van der Waals surface area contributed by atoms with Crippen LogP contribution in [0, 0.1) is 35.5 Å². The molecule has 1 aromatic heterocycles. The quantitative estimate of drug-likeness (QED) is 0.0941. The van der Waals surface area contributed by atoms with Gasteiger partial charge in [-0.25, -0.2) is 9.78 Å². The van der Waals surface area contributed by atoms with Crippen molar-refractivity contribution >= 4 is 29.1 Å². The summed E-state index contributed by atoms with van der Waals surface area (Å²) in [6.07, 6.45) is 4.07. The Morgan fingerprint density at radius 1 is 1.09 bits per heavy atom. The van der Waals surface area contributed by atoms with Gasteiger partial charge in [-0.2, -0.15) is 0 Å². The number of allylic oxidation sites excluding steroid dienone is 4. The maximum absolute atomic E-state index is 14.6. The van der Waals surface area contributed by atoms with E-state index in [1.807, 2.05) is 33.1 Å². The lowest BCUT2D eigenvalue weighted by Gasteiger charge is -2.37. The Morgan fingerprint density at radius 2 is 1.73 bits per heavy atom. The Kier molecular flexibility index (Phi) is 20.3. The van der Waals surface area contributed by atoms with Gasteiger partial charge in [0.05, 0.1) is 48.6 Å². The average Bonchev–Trinajstić information content (AvgIpc) is 3.57. The molecule has 2 aliphatic heterocycles. The van der Waals surface area contributed by atoms with Crippen molar-refractivity contribution in [2.75, 3.05) is 13.7 Å². The van der Waals surface area contributed by atoms with Crippen LogP contribution in [-0.4, -0.2) is 121 Å². The summed E-state index contributed by atoms with van der Waals surface area (Å²) in [5.41, 5.74) is -2.04. The lowest BCUT2D eigenvalue weighted by atomic mass is 9.83. The Morgan fingerprint density at radius 3 is 2.31 bits per heavy atom. The molecule has 14 nitrogen and oxygen atoms in total. The highest BCUT2D eigenvalue weighted by atomic mass is 32.1. The van der Waals surface area contributed by atoms with Crippen LogP contribution in [0.3, 0.4) is 0 Å². The molecule has 3 heterocycles. The minimum atomic E-state index is -1.91. The number of thiazole rings is 1. The Hall–Kier alpha value is -3.12. The van der Waals surface area contributed by atoms with E-state index in [1.165, 1.54) is 46.1 Å². The lowest BCUT2D eigenvalue weighted by Crippen LogP contribution is -2.51. The molecular formula is C49H77NO13S. The van der Waals surface area contributed by atoms with Crippen LogP contribution in [0.25, 0.3) is 0 Å². The fourth-order valence-corrected chi connectivity index (χ4v) is 9.11. The molecule has 0 bridgehead atoms. The van der Waals surface area contributed by atoms with Gasteiger partial charge >= 0.3 is 11.9 Å². The number of esters is 2. The summed E-state index contributed by atoms with van der Waals surface area (Å²) < 4.78 is 23.6. The fraction of sp³-hybridized carbons (Fsp3) is 0.714. The number of hydrogen-bond acceptors (Lipinski definition) is 15. The molecule has 1 saturated heterocycles. The van der Waals surface area contributed by atoms with Gasteiger partial charge in [-0.3, -0.25) is 9.59 Å². The van der Waals surface area contributed by atoms with E-state index in [1.54, 1.807) is 64.2 Å². The predicted molar refractivity (Wildman–Crippen MR) is 245 cm³/mol. The molecule has 362 valence electrons. The van der Waals surface area contributed by atoms with Crippen LogP contribution in [0.1, 0.15) is 119 Å². The average molecular weight is 920 g/mol. The van der Waals surface area contributed by atoms with Crippen LogP contribution in [-0.2, 0) is 45.4 Å². The van der Waals surface area contributed by atoms with Crippen LogP contribution >= 0.6 is 11.3 Å². The summed E-state index contributed by atoms with van der Waals surface area (Å²) in [5.74, 6) is -6.37. The largest absolute Gasteiger partial charge is 0.455 e. The van der Waals surface area contributed by atoms with E-state index < -0.39 is 102 Å². The fourth-order valence-electron chi connectivity index (χ4n) is 8.11. The first-order valence-corrected chi connectivity index (χ1v) is 23.5. The van der Waals surface area contributed by atoms with E-state index >= 15 is 0 Å². The monoisotopic (exact) mass is 920 g/mol. The summed E-state index contributed by atoms with van der Waals surface area (Å²) >= 11 is 1.50. The van der Waals surface area contributed by atoms with Crippen LogP contribution < -0.4 is 0 Å². The molecule has 64 heavy (non-hydrogen) atoms. The summed E-state index contributed by atoms with van der Waals surface area (Å²) in [5, 5.41) is 69.2. The number of carbonyl (C=O) groups is 3. The van der Waals surface area contributed by atoms with Crippen LogP contribution in [0.15, 0.2) is 53.0 Å². The van der Waals surface area contributed by atoms with Crippen molar-refractivity contribution in [1.29, 1.82) is 0 Å². The number of ether oxygens (including phenoxy) is 4. The number of methoxy groups -OCH3 is 1. The van der Waals surface area contributed by atoms with E-state index in [-0.39, 0.29) is 43.5 Å². The van der Waals surface area contributed by atoms with Gasteiger partial charge in [-0.05, 0) is 98.5 Å². The van der Waals surface area contributed by atoms with Gasteiger partial charge in [-0.1, -0.05) is 69.7 Å². The third kappa shape index (κ3) is 14.4. The number of Topliss-reactive ketones (excluding diaryl/α,β-unsaturated/α-hetero) is 1. The van der Waals surface area contributed by atoms with Gasteiger partial charge in [-0.15, -0.1) is 11.3 Å². The van der Waals surface area contributed by atoms with Gasteiger partial charge in [0.15, 0.2) is 0 Å². The van der Waals surface area contributed by atoms with Crippen LogP contribution in [0.2, 0.25) is 0 Å². The van der Waals surface area contributed by atoms with Crippen molar-refractivity contribution < 1.29 is 64.0 Å². The zero-order valence-corrected chi connectivity index (χ0v) is 41.0. The van der Waals surface area contributed by atoms with E-state index in [4.69, 9.17) is 23.9 Å². The molecule has 15 heteroatoms. The Balaban J connectivity index is 2.12. The number of hydrogen-bond donors (Lipinski definition) is 6. The molecule has 1 fully saturated rings. The van der Waals surface area contributed by atoms with E-state index in [0.29, 0.717) is 12.0 Å². The zero-order chi connectivity index (χ0) is 48.5. The van der Waals surface area contributed by atoms with Crippen molar-refractivity contribution in [1.82, 2.24) is 4.98 Å². The Labute approximate surface area is 384 Å². The maximum Gasteiger partial charge on any atom is 0.350 e. The second-order valence-corrected chi connectivity index (χ2v) is 20.1. The predicted octanol–water partition coefficient (Wildman–Crippen LogP) is 5.70. The third-order valence-corrected chi connectivity index (χ3v) is 14.3. The number of carbonyl (C=O) groups excluding carboxylic acids is 3. The number of epoxide rings is 1. The number of ketones is 1. The molecular weight excluding hydrogens is 843 g/mol. The Bertz CT molecular complexity index is 1840. The molecule has 0 radical (unpaired) electrons. The van der Waals surface area contributed by atoms with Crippen molar-refractivity contribution in [3.63, 3.8) is 0 Å². The maximum atomic E-state index is 14.6. The van der Waals surface area contributed by atoms with Crippen molar-refractivity contribution in [3.8, 4) is 0 Å². The molecule has 0 spiro atoms. The zero-order valence-electron chi connectivity index (χ0n) is 40.2. The summed E-state index contributed by atoms with van der Waals surface area (Å²) in [6, 6.07) is 0. The van der Waals surface area contributed by atoms with Gasteiger partial charge in [0, 0.05) is 30.7 Å². The minimum absolute atomic E-state index is 0.0591. The second-order valence-electron chi connectivity index (χ2n) is 19.3. The van der Waals surface area contributed by atoms with Gasteiger partial charge in [0.2, 0.25) is 5.60 Å².